The highest BCUT2D eigenvalue weighted by atomic mass is 32.2. The second kappa shape index (κ2) is 7.33. The third-order valence-corrected chi connectivity index (χ3v) is 4.58. The predicted octanol–water partition coefficient (Wildman–Crippen LogP) is 2.40. The van der Waals surface area contributed by atoms with Crippen LogP contribution in [0.3, 0.4) is 0 Å². The summed E-state index contributed by atoms with van der Waals surface area (Å²) in [5.74, 6) is -0.421. The highest BCUT2D eigenvalue weighted by Crippen LogP contribution is 2.31. The van der Waals surface area contributed by atoms with Gasteiger partial charge in [0.15, 0.2) is 0 Å². The van der Waals surface area contributed by atoms with Crippen molar-refractivity contribution in [2.24, 2.45) is 11.8 Å². The van der Waals surface area contributed by atoms with E-state index in [9.17, 15) is 9.59 Å². The summed E-state index contributed by atoms with van der Waals surface area (Å²) in [6.45, 7) is 0.618. The fourth-order valence-corrected chi connectivity index (χ4v) is 3.24. The number of benzene rings is 1. The van der Waals surface area contributed by atoms with Gasteiger partial charge in [-0.3, -0.25) is 9.59 Å². The number of carboxylic acid groups (broad SMARTS) is 1. The van der Waals surface area contributed by atoms with Gasteiger partial charge in [0.2, 0.25) is 5.91 Å². The van der Waals surface area contributed by atoms with Gasteiger partial charge in [0.25, 0.3) is 0 Å². The van der Waals surface area contributed by atoms with E-state index in [-0.39, 0.29) is 17.7 Å². The maximum atomic E-state index is 11.9. The first kappa shape index (κ1) is 14.9. The minimum atomic E-state index is -0.778. The monoisotopic (exact) mass is 293 g/mol. The summed E-state index contributed by atoms with van der Waals surface area (Å²) in [6, 6.07) is 10.0. The average molecular weight is 293 g/mol. The summed E-state index contributed by atoms with van der Waals surface area (Å²) < 4.78 is 0. The van der Waals surface area contributed by atoms with Crippen molar-refractivity contribution in [2.75, 3.05) is 12.3 Å². The fraction of sp³-hybridized carbons (Fsp3) is 0.467. The second-order valence-electron chi connectivity index (χ2n) is 5.00. The molecule has 1 aromatic rings. The Morgan fingerprint density at radius 1 is 1.20 bits per heavy atom. The van der Waals surface area contributed by atoms with Gasteiger partial charge in [-0.25, -0.2) is 0 Å². The van der Waals surface area contributed by atoms with Gasteiger partial charge >= 0.3 is 5.97 Å². The van der Waals surface area contributed by atoms with Gasteiger partial charge < -0.3 is 10.4 Å². The Hall–Kier alpha value is -1.49. The standard InChI is InChI=1S/C15H19NO3S/c17-14(11-6-7-12(10-11)15(18)19)16-8-9-20-13-4-2-1-3-5-13/h1-5,11-12H,6-10H2,(H,16,17)(H,18,19). The molecule has 0 bridgehead atoms. The van der Waals surface area contributed by atoms with E-state index in [1.165, 1.54) is 4.90 Å². The topological polar surface area (TPSA) is 66.4 Å². The van der Waals surface area contributed by atoms with Crippen molar-refractivity contribution in [3.05, 3.63) is 30.3 Å². The molecule has 1 saturated carbocycles. The van der Waals surface area contributed by atoms with Crippen LogP contribution in [-0.2, 0) is 9.59 Å². The van der Waals surface area contributed by atoms with Crippen LogP contribution in [0.25, 0.3) is 0 Å². The van der Waals surface area contributed by atoms with Crippen LogP contribution in [0, 0.1) is 11.8 Å². The fourth-order valence-electron chi connectivity index (χ4n) is 2.45. The lowest BCUT2D eigenvalue weighted by atomic mass is 10.0. The summed E-state index contributed by atoms with van der Waals surface area (Å²) in [5.41, 5.74) is 0. The van der Waals surface area contributed by atoms with E-state index in [2.05, 4.69) is 5.32 Å². The Bertz CT molecular complexity index is 463. The van der Waals surface area contributed by atoms with Crippen LogP contribution in [0.5, 0.6) is 0 Å². The molecule has 1 aliphatic rings. The number of hydrogen-bond acceptors (Lipinski definition) is 3. The van der Waals surface area contributed by atoms with Crippen LogP contribution < -0.4 is 5.32 Å². The van der Waals surface area contributed by atoms with E-state index in [1.54, 1.807) is 11.8 Å². The molecule has 1 amide bonds. The molecule has 108 valence electrons. The largest absolute Gasteiger partial charge is 0.481 e. The van der Waals surface area contributed by atoms with Crippen LogP contribution >= 0.6 is 11.8 Å². The van der Waals surface area contributed by atoms with Crippen molar-refractivity contribution < 1.29 is 14.7 Å². The number of amides is 1. The van der Waals surface area contributed by atoms with Gasteiger partial charge in [0.05, 0.1) is 5.92 Å². The van der Waals surface area contributed by atoms with Gasteiger partial charge in [-0.05, 0) is 31.4 Å². The predicted molar refractivity (Wildman–Crippen MR) is 78.6 cm³/mol. The quantitative estimate of drug-likeness (QED) is 0.624. The Labute approximate surface area is 123 Å². The first-order chi connectivity index (χ1) is 9.66. The number of carboxylic acids is 1. The minimum Gasteiger partial charge on any atom is -0.481 e. The zero-order chi connectivity index (χ0) is 14.4. The molecular formula is C15H19NO3S. The van der Waals surface area contributed by atoms with Gasteiger partial charge in [0.1, 0.15) is 0 Å². The Morgan fingerprint density at radius 2 is 1.90 bits per heavy atom. The molecule has 1 aromatic carbocycles. The zero-order valence-electron chi connectivity index (χ0n) is 11.2. The van der Waals surface area contributed by atoms with Gasteiger partial charge in [0, 0.05) is 23.1 Å². The minimum absolute atomic E-state index is 0.00223. The highest BCUT2D eigenvalue weighted by Gasteiger charge is 2.33. The smallest absolute Gasteiger partial charge is 0.306 e. The summed E-state index contributed by atoms with van der Waals surface area (Å²) in [6.07, 6.45) is 1.79. The Morgan fingerprint density at radius 3 is 2.55 bits per heavy atom. The number of aliphatic carboxylic acids is 1. The molecular weight excluding hydrogens is 274 g/mol. The lowest BCUT2D eigenvalue weighted by molar-refractivity contribution is -0.141. The van der Waals surface area contributed by atoms with Crippen molar-refractivity contribution in [1.29, 1.82) is 0 Å². The number of hydrogen-bond donors (Lipinski definition) is 2. The van der Waals surface area contributed by atoms with Crippen LogP contribution in [0.15, 0.2) is 35.2 Å². The van der Waals surface area contributed by atoms with Crippen molar-refractivity contribution in [1.82, 2.24) is 5.32 Å². The van der Waals surface area contributed by atoms with Crippen LogP contribution in [-0.4, -0.2) is 29.3 Å². The zero-order valence-corrected chi connectivity index (χ0v) is 12.1. The molecule has 0 saturated heterocycles. The van der Waals surface area contributed by atoms with Crippen molar-refractivity contribution >= 4 is 23.6 Å². The van der Waals surface area contributed by atoms with Crippen molar-refractivity contribution in [3.63, 3.8) is 0 Å². The third kappa shape index (κ3) is 4.27. The van der Waals surface area contributed by atoms with Gasteiger partial charge in [-0.1, -0.05) is 18.2 Å². The molecule has 20 heavy (non-hydrogen) atoms. The number of carbonyl (C=O) groups is 2. The first-order valence-corrected chi connectivity index (χ1v) is 7.83. The molecule has 1 fully saturated rings. The maximum absolute atomic E-state index is 11.9. The molecule has 0 aliphatic heterocycles. The molecule has 0 heterocycles. The van der Waals surface area contributed by atoms with E-state index >= 15 is 0 Å². The molecule has 0 radical (unpaired) electrons. The van der Waals surface area contributed by atoms with Crippen LogP contribution in [0.2, 0.25) is 0 Å². The molecule has 2 N–H and O–H groups in total. The molecule has 1 aliphatic carbocycles. The Kier molecular flexibility index (Phi) is 5.47. The molecule has 0 aromatic heterocycles. The molecule has 5 heteroatoms. The van der Waals surface area contributed by atoms with Crippen LogP contribution in [0.4, 0.5) is 0 Å². The molecule has 4 nitrogen and oxygen atoms in total. The molecule has 2 atom stereocenters. The number of thioether (sulfide) groups is 1. The Balaban J connectivity index is 1.65. The second-order valence-corrected chi connectivity index (χ2v) is 6.17. The summed E-state index contributed by atoms with van der Waals surface area (Å²) >= 11 is 1.70. The highest BCUT2D eigenvalue weighted by molar-refractivity contribution is 7.99. The lowest BCUT2D eigenvalue weighted by Crippen LogP contribution is -2.31. The summed E-state index contributed by atoms with van der Waals surface area (Å²) in [4.78, 5) is 24.0. The summed E-state index contributed by atoms with van der Waals surface area (Å²) in [5, 5.41) is 11.8. The maximum Gasteiger partial charge on any atom is 0.306 e. The summed E-state index contributed by atoms with van der Waals surface area (Å²) in [7, 11) is 0. The van der Waals surface area contributed by atoms with E-state index in [0.29, 0.717) is 25.8 Å². The van der Waals surface area contributed by atoms with Gasteiger partial charge in [-0.2, -0.15) is 0 Å². The number of nitrogens with one attached hydrogen (secondary N) is 1. The van der Waals surface area contributed by atoms with E-state index < -0.39 is 5.97 Å². The molecule has 0 spiro atoms. The first-order valence-electron chi connectivity index (χ1n) is 6.85. The third-order valence-electron chi connectivity index (χ3n) is 3.57. The van der Waals surface area contributed by atoms with E-state index in [1.807, 2.05) is 30.3 Å². The van der Waals surface area contributed by atoms with Gasteiger partial charge in [-0.15, -0.1) is 11.8 Å². The van der Waals surface area contributed by atoms with Crippen molar-refractivity contribution in [3.8, 4) is 0 Å². The average Bonchev–Trinajstić information content (AvgIpc) is 2.94. The van der Waals surface area contributed by atoms with Crippen LogP contribution in [0.1, 0.15) is 19.3 Å². The number of carbonyl (C=O) groups excluding carboxylic acids is 1. The van der Waals surface area contributed by atoms with Crippen molar-refractivity contribution in [2.45, 2.75) is 24.2 Å². The lowest BCUT2D eigenvalue weighted by Gasteiger charge is -2.10. The molecule has 2 unspecified atom stereocenters. The van der Waals surface area contributed by atoms with E-state index in [4.69, 9.17) is 5.11 Å². The number of rotatable bonds is 6. The molecule has 2 rings (SSSR count). The normalized spacial score (nSPS) is 21.6. The van der Waals surface area contributed by atoms with E-state index in [0.717, 1.165) is 5.75 Å². The SMILES string of the molecule is O=C(O)C1CCC(C(=O)NCCSc2ccccc2)C1.